The van der Waals surface area contributed by atoms with Gasteiger partial charge in [-0.1, -0.05) is 68.2 Å². The minimum Gasteiger partial charge on any atom is -0.0827 e. The summed E-state index contributed by atoms with van der Waals surface area (Å²) >= 11 is 12.2. The van der Waals surface area contributed by atoms with E-state index in [0.717, 1.165) is 17.2 Å². The Kier molecular flexibility index (Phi) is 5.11. The van der Waals surface area contributed by atoms with Gasteiger partial charge in [0.15, 0.2) is 0 Å². The summed E-state index contributed by atoms with van der Waals surface area (Å²) in [6.07, 6.45) is 0.970. The zero-order chi connectivity index (χ0) is 12.1. The molecule has 2 aromatic carbocycles. The van der Waals surface area contributed by atoms with E-state index in [2.05, 4.69) is 19.1 Å². The Balaban J connectivity index is 0.000000606. The molecule has 0 aliphatic carbocycles. The Morgan fingerprint density at radius 3 is 2.31 bits per heavy atom. The molecule has 16 heavy (non-hydrogen) atoms. The van der Waals surface area contributed by atoms with Gasteiger partial charge in [-0.3, -0.25) is 0 Å². The third-order valence-electron chi connectivity index (χ3n) is 2.40. The van der Waals surface area contributed by atoms with E-state index in [-0.39, 0.29) is 0 Å². The van der Waals surface area contributed by atoms with Crippen LogP contribution in [0.3, 0.4) is 0 Å². The average Bonchev–Trinajstić information content (AvgIpc) is 2.35. The summed E-state index contributed by atoms with van der Waals surface area (Å²) in [5.74, 6) is 0. The van der Waals surface area contributed by atoms with Crippen molar-refractivity contribution in [3.05, 3.63) is 45.9 Å². The van der Waals surface area contributed by atoms with E-state index < -0.39 is 0 Å². The van der Waals surface area contributed by atoms with Crippen LogP contribution in [0.15, 0.2) is 30.3 Å². The molecular formula is C14H16Cl2. The first-order chi connectivity index (χ1) is 7.74. The number of rotatable bonds is 1. The highest BCUT2D eigenvalue weighted by molar-refractivity contribution is 6.45. The first-order valence-corrected chi connectivity index (χ1v) is 6.35. The average molecular weight is 255 g/mol. The zero-order valence-electron chi connectivity index (χ0n) is 9.85. The second-order valence-corrected chi connectivity index (χ2v) is 4.02. The lowest BCUT2D eigenvalue weighted by molar-refractivity contribution is 1.16. The molecule has 0 unspecified atom stereocenters. The Labute approximate surface area is 107 Å². The highest BCUT2D eigenvalue weighted by atomic mass is 35.5. The van der Waals surface area contributed by atoms with Crippen LogP contribution in [0.2, 0.25) is 10.0 Å². The normalized spacial score (nSPS) is 9.81. The molecule has 0 bridgehead atoms. The lowest BCUT2D eigenvalue weighted by Crippen LogP contribution is -1.84. The van der Waals surface area contributed by atoms with Crippen molar-refractivity contribution in [1.29, 1.82) is 0 Å². The van der Waals surface area contributed by atoms with Gasteiger partial charge < -0.3 is 0 Å². The van der Waals surface area contributed by atoms with Gasteiger partial charge in [0, 0.05) is 5.39 Å². The molecule has 2 heteroatoms. The summed E-state index contributed by atoms with van der Waals surface area (Å²) in [7, 11) is 0. The third kappa shape index (κ3) is 2.50. The van der Waals surface area contributed by atoms with E-state index in [1.165, 1.54) is 5.56 Å². The molecule has 2 aromatic rings. The van der Waals surface area contributed by atoms with Gasteiger partial charge in [-0.2, -0.15) is 0 Å². The smallest absolute Gasteiger partial charge is 0.0673 e. The SMILES string of the molecule is CC.CCc1cccc2ccc(Cl)c(Cl)c12. The first kappa shape index (κ1) is 13.3. The molecule has 0 atom stereocenters. The number of hydrogen-bond acceptors (Lipinski definition) is 0. The maximum absolute atomic E-state index is 6.18. The van der Waals surface area contributed by atoms with Crippen molar-refractivity contribution in [2.24, 2.45) is 0 Å². The maximum Gasteiger partial charge on any atom is 0.0673 e. The van der Waals surface area contributed by atoms with Gasteiger partial charge in [0.1, 0.15) is 0 Å². The summed E-state index contributed by atoms with van der Waals surface area (Å²) in [5, 5.41) is 3.53. The predicted molar refractivity (Wildman–Crippen MR) is 74.7 cm³/mol. The minimum absolute atomic E-state index is 0.625. The van der Waals surface area contributed by atoms with E-state index in [0.29, 0.717) is 10.0 Å². The van der Waals surface area contributed by atoms with E-state index in [9.17, 15) is 0 Å². The predicted octanol–water partition coefficient (Wildman–Crippen LogP) is 5.74. The summed E-state index contributed by atoms with van der Waals surface area (Å²) in [6.45, 7) is 6.12. The fourth-order valence-corrected chi connectivity index (χ4v) is 2.13. The molecule has 0 heterocycles. The Bertz CT molecular complexity index is 475. The van der Waals surface area contributed by atoms with Crippen LogP contribution in [-0.4, -0.2) is 0 Å². The van der Waals surface area contributed by atoms with Crippen LogP contribution in [0.25, 0.3) is 10.8 Å². The third-order valence-corrected chi connectivity index (χ3v) is 3.21. The zero-order valence-corrected chi connectivity index (χ0v) is 11.4. The topological polar surface area (TPSA) is 0 Å². The molecule has 0 fully saturated rings. The lowest BCUT2D eigenvalue weighted by Gasteiger charge is -2.07. The molecule has 0 saturated carbocycles. The van der Waals surface area contributed by atoms with Gasteiger partial charge in [0.2, 0.25) is 0 Å². The van der Waals surface area contributed by atoms with Gasteiger partial charge in [-0.15, -0.1) is 0 Å². The molecule has 0 spiro atoms. The van der Waals surface area contributed by atoms with Gasteiger partial charge >= 0.3 is 0 Å². The Morgan fingerprint density at radius 1 is 1.00 bits per heavy atom. The molecule has 86 valence electrons. The van der Waals surface area contributed by atoms with Crippen molar-refractivity contribution in [3.63, 3.8) is 0 Å². The molecule has 0 aromatic heterocycles. The number of benzene rings is 2. The maximum atomic E-state index is 6.18. The minimum atomic E-state index is 0.625. The summed E-state index contributed by atoms with van der Waals surface area (Å²) < 4.78 is 0. The monoisotopic (exact) mass is 254 g/mol. The van der Waals surface area contributed by atoms with Crippen molar-refractivity contribution < 1.29 is 0 Å². The molecule has 0 saturated heterocycles. The first-order valence-electron chi connectivity index (χ1n) is 5.59. The molecule has 0 nitrogen and oxygen atoms in total. The van der Waals surface area contributed by atoms with Crippen LogP contribution in [0, 0.1) is 0 Å². The van der Waals surface area contributed by atoms with Crippen molar-refractivity contribution in [3.8, 4) is 0 Å². The van der Waals surface area contributed by atoms with Gasteiger partial charge in [-0.25, -0.2) is 0 Å². The second-order valence-electron chi connectivity index (χ2n) is 3.23. The van der Waals surface area contributed by atoms with Crippen LogP contribution >= 0.6 is 23.2 Å². The molecular weight excluding hydrogens is 239 g/mol. The van der Waals surface area contributed by atoms with Gasteiger partial charge in [0.05, 0.1) is 10.0 Å². The summed E-state index contributed by atoms with van der Waals surface area (Å²) in [6, 6.07) is 10.0. The standard InChI is InChI=1S/C12H10Cl2.C2H6/c1-2-8-4-3-5-9-6-7-10(13)12(14)11(8)9;1-2/h3-7H,2H2,1H3;1-2H3. The van der Waals surface area contributed by atoms with E-state index in [1.54, 1.807) is 0 Å². The van der Waals surface area contributed by atoms with E-state index >= 15 is 0 Å². The highest BCUT2D eigenvalue weighted by Gasteiger charge is 2.06. The summed E-state index contributed by atoms with van der Waals surface area (Å²) in [5.41, 5.74) is 1.25. The largest absolute Gasteiger partial charge is 0.0827 e. The Hall–Kier alpha value is -0.720. The molecule has 0 aliphatic heterocycles. The Morgan fingerprint density at radius 2 is 1.69 bits per heavy atom. The van der Waals surface area contributed by atoms with Crippen molar-refractivity contribution >= 4 is 34.0 Å². The molecule has 2 rings (SSSR count). The van der Waals surface area contributed by atoms with Gasteiger partial charge in [0.25, 0.3) is 0 Å². The molecule has 0 N–H and O–H groups in total. The number of fused-ring (bicyclic) bond motifs is 1. The van der Waals surface area contributed by atoms with Crippen molar-refractivity contribution in [2.45, 2.75) is 27.2 Å². The quantitative estimate of drug-likeness (QED) is 0.609. The second kappa shape index (κ2) is 6.12. The fraction of sp³-hybridized carbons (Fsp3) is 0.286. The number of hydrogen-bond donors (Lipinski definition) is 0. The van der Waals surface area contributed by atoms with Crippen LogP contribution in [0.1, 0.15) is 26.3 Å². The van der Waals surface area contributed by atoms with Crippen LogP contribution in [0.5, 0.6) is 0 Å². The van der Waals surface area contributed by atoms with Crippen molar-refractivity contribution in [1.82, 2.24) is 0 Å². The van der Waals surface area contributed by atoms with Crippen LogP contribution < -0.4 is 0 Å². The molecule has 0 radical (unpaired) electrons. The number of halogens is 2. The number of aryl methyl sites for hydroxylation is 1. The lowest BCUT2D eigenvalue weighted by atomic mass is 10.0. The highest BCUT2D eigenvalue weighted by Crippen LogP contribution is 2.33. The fourth-order valence-electron chi connectivity index (χ4n) is 1.68. The van der Waals surface area contributed by atoms with Crippen molar-refractivity contribution in [2.75, 3.05) is 0 Å². The van der Waals surface area contributed by atoms with E-state index in [4.69, 9.17) is 23.2 Å². The van der Waals surface area contributed by atoms with Gasteiger partial charge in [-0.05, 0) is 23.4 Å². The summed E-state index contributed by atoms with van der Waals surface area (Å²) in [4.78, 5) is 0. The molecule has 0 aliphatic rings. The molecule has 0 amide bonds. The van der Waals surface area contributed by atoms with Crippen LogP contribution in [0.4, 0.5) is 0 Å². The van der Waals surface area contributed by atoms with E-state index in [1.807, 2.05) is 32.0 Å². The van der Waals surface area contributed by atoms with Crippen LogP contribution in [-0.2, 0) is 6.42 Å².